The quantitative estimate of drug-likeness (QED) is 0.528. The Morgan fingerprint density at radius 3 is 2.58 bits per heavy atom. The largest absolute Gasteiger partial charge is 0.411 e. The van der Waals surface area contributed by atoms with E-state index in [9.17, 15) is 15.1 Å². The van der Waals surface area contributed by atoms with Gasteiger partial charge in [0.15, 0.2) is 0 Å². The molecule has 6 atom stereocenters. The number of rotatable bonds is 0. The van der Waals surface area contributed by atoms with Gasteiger partial charge < -0.3 is 10.3 Å². The third-order valence-electron chi connectivity index (χ3n) is 8.10. The van der Waals surface area contributed by atoms with E-state index in [4.69, 9.17) is 0 Å². The molecule has 0 unspecified atom stereocenters. The predicted octanol–water partition coefficient (Wildman–Crippen LogP) is 3.49. The van der Waals surface area contributed by atoms with Crippen LogP contribution in [0.3, 0.4) is 0 Å². The van der Waals surface area contributed by atoms with Crippen LogP contribution in [0.25, 0.3) is 0 Å². The molecule has 0 heterocycles. The first kappa shape index (κ1) is 16.1. The molecule has 0 aromatic heterocycles. The lowest BCUT2D eigenvalue weighted by Gasteiger charge is -2.56. The molecular formula is C20H27NO3. The SMILES string of the molecule is C[C@]12CC(=NO)C(=O)C=C1C=C[C@@H]1[C@@H]2CC[C@@]2(C)[C@H]1CC[C@]2(C)O. The molecule has 0 aliphatic heterocycles. The van der Waals surface area contributed by atoms with Gasteiger partial charge in [0.1, 0.15) is 5.71 Å². The Hall–Kier alpha value is -1.42. The second-order valence-corrected chi connectivity index (χ2v) is 9.02. The molecule has 0 spiro atoms. The van der Waals surface area contributed by atoms with Crippen LogP contribution in [-0.4, -0.2) is 27.4 Å². The molecule has 4 aliphatic carbocycles. The molecule has 2 N–H and O–H groups in total. The minimum Gasteiger partial charge on any atom is -0.411 e. The van der Waals surface area contributed by atoms with E-state index in [-0.39, 0.29) is 22.3 Å². The lowest BCUT2D eigenvalue weighted by Crippen LogP contribution is -2.53. The van der Waals surface area contributed by atoms with Crippen LogP contribution in [0.1, 0.15) is 52.9 Å². The zero-order valence-electron chi connectivity index (χ0n) is 14.7. The van der Waals surface area contributed by atoms with Gasteiger partial charge in [0.2, 0.25) is 5.78 Å². The Morgan fingerprint density at radius 1 is 1.17 bits per heavy atom. The number of carbonyl (C=O) groups is 1. The van der Waals surface area contributed by atoms with Gasteiger partial charge in [-0.05, 0) is 67.4 Å². The lowest BCUT2D eigenvalue weighted by molar-refractivity contribution is -0.110. The fourth-order valence-corrected chi connectivity index (χ4v) is 6.26. The molecule has 0 bridgehead atoms. The maximum absolute atomic E-state index is 12.1. The first-order valence-electron chi connectivity index (χ1n) is 9.11. The molecule has 4 aliphatic rings. The molecule has 0 aromatic rings. The summed E-state index contributed by atoms with van der Waals surface area (Å²) in [4.78, 5) is 12.1. The van der Waals surface area contributed by atoms with Gasteiger partial charge in [0.05, 0.1) is 5.60 Å². The van der Waals surface area contributed by atoms with Gasteiger partial charge in [-0.1, -0.05) is 31.2 Å². The smallest absolute Gasteiger partial charge is 0.203 e. The molecule has 130 valence electrons. The zero-order valence-corrected chi connectivity index (χ0v) is 14.7. The van der Waals surface area contributed by atoms with Crippen molar-refractivity contribution < 1.29 is 15.1 Å². The first-order valence-corrected chi connectivity index (χ1v) is 9.11. The summed E-state index contributed by atoms with van der Waals surface area (Å²) in [7, 11) is 0. The van der Waals surface area contributed by atoms with E-state index >= 15 is 0 Å². The van der Waals surface area contributed by atoms with E-state index in [1.54, 1.807) is 6.08 Å². The van der Waals surface area contributed by atoms with Crippen molar-refractivity contribution in [1.82, 2.24) is 0 Å². The summed E-state index contributed by atoms with van der Waals surface area (Å²) in [5, 5.41) is 23.4. The number of aliphatic hydroxyl groups is 1. The highest BCUT2D eigenvalue weighted by Crippen LogP contribution is 2.65. The number of ketones is 1. The van der Waals surface area contributed by atoms with Crippen LogP contribution in [0.2, 0.25) is 0 Å². The predicted molar refractivity (Wildman–Crippen MR) is 91.8 cm³/mol. The summed E-state index contributed by atoms with van der Waals surface area (Å²) in [5.74, 6) is 1.17. The molecule has 0 amide bonds. The molecule has 2 saturated carbocycles. The molecule has 2 fully saturated rings. The summed E-state index contributed by atoms with van der Waals surface area (Å²) in [6.45, 7) is 6.48. The fourth-order valence-electron chi connectivity index (χ4n) is 6.26. The van der Waals surface area contributed by atoms with Crippen molar-refractivity contribution in [1.29, 1.82) is 0 Å². The Balaban J connectivity index is 1.77. The lowest BCUT2D eigenvalue weighted by atomic mass is 9.48. The van der Waals surface area contributed by atoms with Crippen LogP contribution >= 0.6 is 0 Å². The van der Waals surface area contributed by atoms with Crippen LogP contribution in [-0.2, 0) is 4.79 Å². The van der Waals surface area contributed by atoms with Crippen LogP contribution in [0.5, 0.6) is 0 Å². The summed E-state index contributed by atoms with van der Waals surface area (Å²) in [6.07, 6.45) is 10.6. The number of nitrogens with zero attached hydrogens (tertiary/aromatic N) is 1. The molecular weight excluding hydrogens is 302 g/mol. The van der Waals surface area contributed by atoms with Crippen molar-refractivity contribution in [2.24, 2.45) is 33.7 Å². The standard InChI is InChI=1S/C20H27NO3/c1-18-11-16(21-24)17(22)10-12(18)4-5-13-14(18)6-8-19(2)15(13)7-9-20(19,3)23/h4-5,10,13-15,23-24H,6-9,11H2,1-3H3/t13-,14+,15+,18+,19+,20+/m1/s1. The number of allylic oxidation sites excluding steroid dienone is 4. The average molecular weight is 329 g/mol. The molecule has 4 heteroatoms. The van der Waals surface area contributed by atoms with Gasteiger partial charge in [-0.2, -0.15) is 0 Å². The zero-order chi connectivity index (χ0) is 17.3. The van der Waals surface area contributed by atoms with Crippen LogP contribution in [0, 0.1) is 28.6 Å². The van der Waals surface area contributed by atoms with Crippen LogP contribution < -0.4 is 0 Å². The monoisotopic (exact) mass is 329 g/mol. The molecule has 24 heavy (non-hydrogen) atoms. The second kappa shape index (κ2) is 4.81. The van der Waals surface area contributed by atoms with Gasteiger partial charge in [0, 0.05) is 11.8 Å². The molecule has 0 aromatic carbocycles. The molecule has 0 radical (unpaired) electrons. The van der Waals surface area contributed by atoms with Crippen molar-refractivity contribution >= 4 is 11.5 Å². The highest BCUT2D eigenvalue weighted by molar-refractivity contribution is 6.45. The third kappa shape index (κ3) is 1.83. The van der Waals surface area contributed by atoms with Gasteiger partial charge >= 0.3 is 0 Å². The van der Waals surface area contributed by atoms with Crippen molar-refractivity contribution in [3.8, 4) is 0 Å². The minimum atomic E-state index is -0.590. The van der Waals surface area contributed by atoms with Crippen LogP contribution in [0.4, 0.5) is 0 Å². The van der Waals surface area contributed by atoms with Gasteiger partial charge in [-0.15, -0.1) is 0 Å². The number of carbonyl (C=O) groups excluding carboxylic acids is 1. The maximum atomic E-state index is 12.1. The first-order chi connectivity index (χ1) is 11.2. The number of oxime groups is 1. The Morgan fingerprint density at radius 2 is 1.88 bits per heavy atom. The van der Waals surface area contributed by atoms with Crippen LogP contribution in [0.15, 0.2) is 29.0 Å². The summed E-state index contributed by atoms with van der Waals surface area (Å²) < 4.78 is 0. The number of hydrogen-bond acceptors (Lipinski definition) is 4. The maximum Gasteiger partial charge on any atom is 0.203 e. The minimum absolute atomic E-state index is 0.0333. The van der Waals surface area contributed by atoms with E-state index in [2.05, 4.69) is 31.2 Å². The van der Waals surface area contributed by atoms with E-state index in [1.807, 2.05) is 6.92 Å². The summed E-state index contributed by atoms with van der Waals surface area (Å²) in [5.41, 5.74) is 0.587. The third-order valence-corrected chi connectivity index (χ3v) is 8.10. The second-order valence-electron chi connectivity index (χ2n) is 9.02. The van der Waals surface area contributed by atoms with Crippen molar-refractivity contribution in [3.63, 3.8) is 0 Å². The molecule has 0 saturated heterocycles. The summed E-state index contributed by atoms with van der Waals surface area (Å²) >= 11 is 0. The Bertz CT molecular complexity index is 689. The Labute approximate surface area is 143 Å². The topological polar surface area (TPSA) is 69.9 Å². The Kier molecular flexibility index (Phi) is 3.22. The number of fused-ring (bicyclic) bond motifs is 5. The normalized spacial score (nSPS) is 51.8. The van der Waals surface area contributed by atoms with Gasteiger partial charge in [-0.25, -0.2) is 0 Å². The fraction of sp³-hybridized carbons (Fsp3) is 0.700. The summed E-state index contributed by atoms with van der Waals surface area (Å²) in [6, 6.07) is 0. The molecule has 4 rings (SSSR count). The molecule has 4 nitrogen and oxygen atoms in total. The highest BCUT2D eigenvalue weighted by Gasteiger charge is 2.61. The van der Waals surface area contributed by atoms with E-state index < -0.39 is 5.60 Å². The highest BCUT2D eigenvalue weighted by atomic mass is 16.4. The van der Waals surface area contributed by atoms with Crippen molar-refractivity contribution in [2.75, 3.05) is 0 Å². The van der Waals surface area contributed by atoms with Crippen molar-refractivity contribution in [2.45, 2.75) is 58.5 Å². The van der Waals surface area contributed by atoms with Crippen molar-refractivity contribution in [3.05, 3.63) is 23.8 Å². The number of hydrogen-bond donors (Lipinski definition) is 2. The van der Waals surface area contributed by atoms with Gasteiger partial charge in [-0.3, -0.25) is 4.79 Å². The van der Waals surface area contributed by atoms with E-state index in [0.29, 0.717) is 24.2 Å². The van der Waals surface area contributed by atoms with E-state index in [1.165, 1.54) is 0 Å². The van der Waals surface area contributed by atoms with Gasteiger partial charge in [0.25, 0.3) is 0 Å². The average Bonchev–Trinajstić information content (AvgIpc) is 2.77. The van der Waals surface area contributed by atoms with E-state index in [0.717, 1.165) is 31.3 Å².